The number of carbonyl (C=O) groups excluding carboxylic acids is 1. The SMILES string of the molecule is O=C(c1cncc(F)c1)N1C[C@@H]2C[C@H](C1)[C@@H]1CCC[C@H](Cc3ccccc3)N1C2. The second kappa shape index (κ2) is 7.86. The molecule has 5 rings (SSSR count). The summed E-state index contributed by atoms with van der Waals surface area (Å²) in [5.41, 5.74) is 1.79. The van der Waals surface area contributed by atoms with E-state index in [-0.39, 0.29) is 5.91 Å². The highest BCUT2D eigenvalue weighted by Gasteiger charge is 2.45. The summed E-state index contributed by atoms with van der Waals surface area (Å²) in [4.78, 5) is 21.5. The second-order valence-electron chi connectivity index (χ2n) is 9.00. The molecule has 3 saturated heterocycles. The van der Waals surface area contributed by atoms with Crippen LogP contribution in [-0.4, -0.2) is 52.4 Å². The lowest BCUT2D eigenvalue weighted by Crippen LogP contribution is -2.62. The van der Waals surface area contributed by atoms with E-state index < -0.39 is 5.82 Å². The summed E-state index contributed by atoms with van der Waals surface area (Å²) in [6.07, 6.45) is 8.72. The van der Waals surface area contributed by atoms with Crippen LogP contribution in [0, 0.1) is 17.7 Å². The summed E-state index contributed by atoms with van der Waals surface area (Å²) in [5.74, 6) is 0.505. The summed E-state index contributed by atoms with van der Waals surface area (Å²) in [5, 5.41) is 0. The van der Waals surface area contributed by atoms with Gasteiger partial charge in [-0.15, -0.1) is 0 Å². The third-order valence-corrected chi connectivity index (χ3v) is 7.07. The van der Waals surface area contributed by atoms with Crippen LogP contribution >= 0.6 is 0 Å². The van der Waals surface area contributed by atoms with Gasteiger partial charge in [-0.1, -0.05) is 36.8 Å². The van der Waals surface area contributed by atoms with Crippen molar-refractivity contribution in [2.24, 2.45) is 11.8 Å². The lowest BCUT2D eigenvalue weighted by Gasteiger charge is -2.55. The van der Waals surface area contributed by atoms with Gasteiger partial charge in [-0.2, -0.15) is 0 Å². The van der Waals surface area contributed by atoms with E-state index in [9.17, 15) is 9.18 Å². The van der Waals surface area contributed by atoms with Gasteiger partial charge in [-0.05, 0) is 49.1 Å². The molecular formula is C24H28FN3O. The number of hydrogen-bond acceptors (Lipinski definition) is 3. The highest BCUT2D eigenvalue weighted by Crippen LogP contribution is 2.40. The third kappa shape index (κ3) is 3.80. The van der Waals surface area contributed by atoms with Crippen LogP contribution in [0.4, 0.5) is 4.39 Å². The zero-order valence-corrected chi connectivity index (χ0v) is 16.7. The van der Waals surface area contributed by atoms with Crippen molar-refractivity contribution in [3.63, 3.8) is 0 Å². The number of fused-ring (bicyclic) bond motifs is 4. The first-order valence-electron chi connectivity index (χ1n) is 10.9. The van der Waals surface area contributed by atoms with E-state index in [4.69, 9.17) is 0 Å². The molecule has 3 fully saturated rings. The van der Waals surface area contributed by atoms with Crippen molar-refractivity contribution in [3.05, 3.63) is 65.7 Å². The lowest BCUT2D eigenvalue weighted by atomic mass is 9.74. The number of rotatable bonds is 3. The van der Waals surface area contributed by atoms with Gasteiger partial charge in [0, 0.05) is 37.9 Å². The summed E-state index contributed by atoms with van der Waals surface area (Å²) in [6, 6.07) is 13.3. The lowest BCUT2D eigenvalue weighted by molar-refractivity contribution is -0.0499. The Bertz CT molecular complexity index is 873. The van der Waals surface area contributed by atoms with Crippen molar-refractivity contribution in [3.8, 4) is 0 Å². The number of aromatic nitrogens is 1. The second-order valence-corrected chi connectivity index (χ2v) is 9.00. The van der Waals surface area contributed by atoms with Gasteiger partial charge < -0.3 is 4.90 Å². The first-order chi connectivity index (χ1) is 14.2. The predicted molar refractivity (Wildman–Crippen MR) is 110 cm³/mol. The third-order valence-electron chi connectivity index (χ3n) is 7.07. The number of amides is 1. The Morgan fingerprint density at radius 2 is 1.97 bits per heavy atom. The molecule has 4 atom stereocenters. The van der Waals surface area contributed by atoms with Gasteiger partial charge in [-0.25, -0.2) is 4.39 Å². The molecule has 0 aliphatic carbocycles. The maximum atomic E-state index is 13.5. The molecule has 0 spiro atoms. The highest BCUT2D eigenvalue weighted by molar-refractivity contribution is 5.94. The molecule has 0 radical (unpaired) electrons. The maximum Gasteiger partial charge on any atom is 0.255 e. The first kappa shape index (κ1) is 18.7. The molecule has 1 aromatic heterocycles. The van der Waals surface area contributed by atoms with Crippen molar-refractivity contribution in [2.45, 2.75) is 44.2 Å². The van der Waals surface area contributed by atoms with E-state index in [2.05, 4.69) is 40.2 Å². The molecule has 4 nitrogen and oxygen atoms in total. The Kier molecular flexibility index (Phi) is 5.08. The molecule has 3 aliphatic rings. The zero-order chi connectivity index (χ0) is 19.8. The molecular weight excluding hydrogens is 365 g/mol. The van der Waals surface area contributed by atoms with Crippen LogP contribution in [0.1, 0.15) is 41.6 Å². The first-order valence-corrected chi connectivity index (χ1v) is 10.9. The van der Waals surface area contributed by atoms with E-state index >= 15 is 0 Å². The van der Waals surface area contributed by atoms with Crippen LogP contribution in [0.15, 0.2) is 48.8 Å². The Morgan fingerprint density at radius 3 is 2.79 bits per heavy atom. The van der Waals surface area contributed by atoms with Crippen LogP contribution in [0.25, 0.3) is 0 Å². The number of hydrogen-bond donors (Lipinski definition) is 0. The van der Waals surface area contributed by atoms with Gasteiger partial charge in [0.1, 0.15) is 5.82 Å². The maximum absolute atomic E-state index is 13.5. The van der Waals surface area contributed by atoms with Crippen molar-refractivity contribution in [1.82, 2.24) is 14.8 Å². The van der Waals surface area contributed by atoms with Gasteiger partial charge in [0.2, 0.25) is 0 Å². The van der Waals surface area contributed by atoms with E-state index in [1.165, 1.54) is 43.5 Å². The summed E-state index contributed by atoms with van der Waals surface area (Å²) in [6.45, 7) is 2.63. The van der Waals surface area contributed by atoms with E-state index in [0.717, 1.165) is 32.3 Å². The fraction of sp³-hybridized carbons (Fsp3) is 0.500. The normalized spacial score (nSPS) is 29.3. The molecule has 3 aliphatic heterocycles. The van der Waals surface area contributed by atoms with Crippen molar-refractivity contribution in [1.29, 1.82) is 0 Å². The minimum atomic E-state index is -0.449. The number of carbonyl (C=O) groups is 1. The largest absolute Gasteiger partial charge is 0.338 e. The standard InChI is InChI=1S/C24H28FN3O/c25-21-11-19(12-26-13-21)24(29)27-14-18-9-20(16-27)23-8-4-7-22(28(23)15-18)10-17-5-2-1-3-6-17/h1-3,5-6,11-13,18,20,22-23H,4,7-10,14-16H2/t18-,20+,22+,23-/m0/s1. The topological polar surface area (TPSA) is 36.4 Å². The predicted octanol–water partition coefficient (Wildman–Crippen LogP) is 3.78. The van der Waals surface area contributed by atoms with Gasteiger partial charge in [0.15, 0.2) is 0 Å². The highest BCUT2D eigenvalue weighted by atomic mass is 19.1. The molecule has 2 bridgehead atoms. The molecule has 29 heavy (non-hydrogen) atoms. The van der Waals surface area contributed by atoms with Crippen LogP contribution in [0.3, 0.4) is 0 Å². The van der Waals surface area contributed by atoms with Gasteiger partial charge in [0.25, 0.3) is 5.91 Å². The fourth-order valence-electron chi connectivity index (χ4n) is 5.89. The Hall–Kier alpha value is -2.27. The number of piperidine rings is 3. The van der Waals surface area contributed by atoms with Crippen LogP contribution in [0.2, 0.25) is 0 Å². The summed E-state index contributed by atoms with van der Waals surface area (Å²) in [7, 11) is 0. The fourth-order valence-corrected chi connectivity index (χ4v) is 5.89. The number of halogens is 1. The molecule has 5 heteroatoms. The molecule has 0 saturated carbocycles. The van der Waals surface area contributed by atoms with Gasteiger partial charge in [-0.3, -0.25) is 14.7 Å². The van der Waals surface area contributed by atoms with Gasteiger partial charge in [0.05, 0.1) is 11.8 Å². The molecule has 2 aromatic rings. The van der Waals surface area contributed by atoms with Crippen LogP contribution in [-0.2, 0) is 6.42 Å². The van der Waals surface area contributed by atoms with Crippen molar-refractivity contribution >= 4 is 5.91 Å². The number of pyridine rings is 1. The molecule has 0 unspecified atom stereocenters. The molecule has 1 amide bonds. The number of nitrogens with zero attached hydrogens (tertiary/aromatic N) is 3. The molecule has 1 aromatic carbocycles. The van der Waals surface area contributed by atoms with E-state index in [1.807, 2.05) is 4.90 Å². The minimum absolute atomic E-state index is 0.0724. The molecule has 4 heterocycles. The summed E-state index contributed by atoms with van der Waals surface area (Å²) >= 11 is 0. The summed E-state index contributed by atoms with van der Waals surface area (Å²) < 4.78 is 13.5. The Balaban J connectivity index is 1.31. The molecule has 0 N–H and O–H groups in total. The Labute approximate surface area is 171 Å². The van der Waals surface area contributed by atoms with Crippen molar-refractivity contribution in [2.75, 3.05) is 19.6 Å². The number of likely N-dealkylation sites (tertiary alicyclic amines) is 1. The monoisotopic (exact) mass is 393 g/mol. The van der Waals surface area contributed by atoms with Crippen LogP contribution in [0.5, 0.6) is 0 Å². The average Bonchev–Trinajstić information content (AvgIpc) is 2.74. The van der Waals surface area contributed by atoms with Crippen molar-refractivity contribution < 1.29 is 9.18 Å². The Morgan fingerprint density at radius 1 is 1.10 bits per heavy atom. The quantitative estimate of drug-likeness (QED) is 0.796. The average molecular weight is 394 g/mol. The van der Waals surface area contributed by atoms with Crippen LogP contribution < -0.4 is 0 Å². The number of benzene rings is 1. The smallest absolute Gasteiger partial charge is 0.255 e. The van der Waals surface area contributed by atoms with E-state index in [0.29, 0.717) is 29.5 Å². The van der Waals surface area contributed by atoms with Gasteiger partial charge >= 0.3 is 0 Å². The zero-order valence-electron chi connectivity index (χ0n) is 16.7. The van der Waals surface area contributed by atoms with E-state index in [1.54, 1.807) is 0 Å². The minimum Gasteiger partial charge on any atom is -0.338 e. The molecule has 152 valence electrons.